The number of hydrogen-bond acceptors (Lipinski definition) is 2. The third-order valence-electron chi connectivity index (χ3n) is 3.67. The summed E-state index contributed by atoms with van der Waals surface area (Å²) < 4.78 is 2.17. The van der Waals surface area contributed by atoms with Crippen molar-refractivity contribution in [3.05, 3.63) is 24.5 Å². The Bertz CT molecular complexity index is 404. The molecule has 1 unspecified atom stereocenters. The zero-order valence-corrected chi connectivity index (χ0v) is 15.4. The van der Waals surface area contributed by atoms with Gasteiger partial charge in [0.1, 0.15) is 0 Å². The molecular formula is C15H28IN5. The van der Waals surface area contributed by atoms with Gasteiger partial charge < -0.3 is 20.1 Å². The molecule has 0 saturated carbocycles. The summed E-state index contributed by atoms with van der Waals surface area (Å²) in [5, 5.41) is 6.71. The summed E-state index contributed by atoms with van der Waals surface area (Å²) in [6.45, 7) is 8.16. The summed E-state index contributed by atoms with van der Waals surface area (Å²) in [5.74, 6) is 1.65. The molecule has 1 fully saturated rings. The van der Waals surface area contributed by atoms with E-state index >= 15 is 0 Å². The smallest absolute Gasteiger partial charge is 0.191 e. The van der Waals surface area contributed by atoms with E-state index in [2.05, 4.69) is 58.6 Å². The number of halogens is 1. The first kappa shape index (κ1) is 18.3. The minimum absolute atomic E-state index is 0. The highest BCUT2D eigenvalue weighted by Gasteiger charge is 2.18. The number of aromatic nitrogens is 1. The van der Waals surface area contributed by atoms with Crippen LogP contribution in [0.1, 0.15) is 13.3 Å². The monoisotopic (exact) mass is 405 g/mol. The van der Waals surface area contributed by atoms with Gasteiger partial charge in [-0.25, -0.2) is 0 Å². The lowest BCUT2D eigenvalue weighted by atomic mass is 10.1. The van der Waals surface area contributed by atoms with E-state index in [0.717, 1.165) is 32.1 Å². The van der Waals surface area contributed by atoms with Gasteiger partial charge in [-0.05, 0) is 45.0 Å². The highest BCUT2D eigenvalue weighted by molar-refractivity contribution is 14.0. The van der Waals surface area contributed by atoms with E-state index in [9.17, 15) is 0 Å². The zero-order chi connectivity index (χ0) is 14.2. The van der Waals surface area contributed by atoms with Crippen LogP contribution >= 0.6 is 24.0 Å². The summed E-state index contributed by atoms with van der Waals surface area (Å²) in [6.07, 6.45) is 5.43. The first-order valence-electron chi connectivity index (χ1n) is 7.59. The van der Waals surface area contributed by atoms with E-state index in [0.29, 0.717) is 5.92 Å². The quantitative estimate of drug-likeness (QED) is 0.430. The Kier molecular flexibility index (Phi) is 8.75. The van der Waals surface area contributed by atoms with E-state index in [-0.39, 0.29) is 24.0 Å². The summed E-state index contributed by atoms with van der Waals surface area (Å²) >= 11 is 0. The van der Waals surface area contributed by atoms with Crippen LogP contribution < -0.4 is 10.6 Å². The molecule has 1 aromatic heterocycles. The van der Waals surface area contributed by atoms with E-state index in [4.69, 9.17) is 4.99 Å². The van der Waals surface area contributed by atoms with Crippen molar-refractivity contribution < 1.29 is 0 Å². The van der Waals surface area contributed by atoms with Crippen molar-refractivity contribution in [3.8, 4) is 0 Å². The molecule has 2 rings (SSSR count). The highest BCUT2D eigenvalue weighted by Crippen LogP contribution is 2.13. The number of aliphatic imine (C=N–C) groups is 1. The Hall–Kier alpha value is -0.760. The minimum Gasteiger partial charge on any atom is -0.357 e. The first-order valence-corrected chi connectivity index (χ1v) is 7.59. The fraction of sp³-hybridized carbons (Fsp3) is 0.667. The number of likely N-dealkylation sites (tertiary alicyclic amines) is 1. The molecule has 1 saturated heterocycles. The minimum atomic E-state index is 0. The standard InChI is InChI=1S/C15H27N5.HI/c1-3-16-15(17-7-11-20-8-4-5-9-20)18-12-14-6-10-19(2)13-14;/h4-5,8-9,14H,3,6-7,10-13H2,1-2H3,(H2,16,17,18);1H. The lowest BCUT2D eigenvalue weighted by molar-refractivity contribution is 0.397. The lowest BCUT2D eigenvalue weighted by Crippen LogP contribution is -2.39. The molecule has 0 bridgehead atoms. The lowest BCUT2D eigenvalue weighted by Gasteiger charge is -2.13. The Morgan fingerprint density at radius 3 is 2.67 bits per heavy atom. The maximum atomic E-state index is 4.71. The normalized spacial score (nSPS) is 19.3. The summed E-state index contributed by atoms with van der Waals surface area (Å²) in [5.41, 5.74) is 0. The molecule has 0 aliphatic carbocycles. The highest BCUT2D eigenvalue weighted by atomic mass is 127. The Labute approximate surface area is 145 Å². The molecule has 2 N–H and O–H groups in total. The summed E-state index contributed by atoms with van der Waals surface area (Å²) in [7, 11) is 2.18. The zero-order valence-electron chi connectivity index (χ0n) is 13.1. The van der Waals surface area contributed by atoms with Crippen LogP contribution in [0.5, 0.6) is 0 Å². The van der Waals surface area contributed by atoms with Gasteiger partial charge in [-0.1, -0.05) is 0 Å². The van der Waals surface area contributed by atoms with Crippen molar-refractivity contribution in [1.82, 2.24) is 20.1 Å². The second-order valence-electron chi connectivity index (χ2n) is 5.48. The molecule has 0 spiro atoms. The van der Waals surface area contributed by atoms with Gasteiger partial charge in [0.2, 0.25) is 0 Å². The van der Waals surface area contributed by atoms with Crippen LogP contribution in [-0.2, 0) is 6.54 Å². The number of guanidine groups is 1. The van der Waals surface area contributed by atoms with Crippen LogP contribution in [0, 0.1) is 5.92 Å². The maximum absolute atomic E-state index is 4.71. The van der Waals surface area contributed by atoms with Gasteiger partial charge in [-0.2, -0.15) is 0 Å². The Balaban J connectivity index is 0.00000220. The predicted octanol–water partition coefficient (Wildman–Crippen LogP) is 1.61. The van der Waals surface area contributed by atoms with Crippen molar-refractivity contribution in [1.29, 1.82) is 0 Å². The SMILES string of the molecule is CCNC(=NCC1CCN(C)C1)NCCn1cccc1.I. The largest absolute Gasteiger partial charge is 0.357 e. The topological polar surface area (TPSA) is 44.6 Å². The number of hydrogen-bond donors (Lipinski definition) is 2. The average Bonchev–Trinajstić information content (AvgIpc) is 3.07. The van der Waals surface area contributed by atoms with Crippen LogP contribution in [-0.4, -0.2) is 55.2 Å². The molecular weight excluding hydrogens is 377 g/mol. The van der Waals surface area contributed by atoms with Crippen LogP contribution in [0.4, 0.5) is 0 Å². The van der Waals surface area contributed by atoms with Crippen LogP contribution in [0.25, 0.3) is 0 Å². The Morgan fingerprint density at radius 2 is 2.05 bits per heavy atom. The molecule has 1 aromatic rings. The second kappa shape index (κ2) is 10.0. The van der Waals surface area contributed by atoms with E-state index in [1.807, 2.05) is 0 Å². The molecule has 0 radical (unpaired) electrons. The molecule has 5 nitrogen and oxygen atoms in total. The van der Waals surface area contributed by atoms with Gasteiger partial charge in [0.05, 0.1) is 0 Å². The third kappa shape index (κ3) is 6.69. The number of rotatable bonds is 6. The van der Waals surface area contributed by atoms with Crippen LogP contribution in [0.3, 0.4) is 0 Å². The Morgan fingerprint density at radius 1 is 1.29 bits per heavy atom. The van der Waals surface area contributed by atoms with Gasteiger partial charge in [0, 0.05) is 45.1 Å². The van der Waals surface area contributed by atoms with Crippen molar-refractivity contribution >= 4 is 29.9 Å². The predicted molar refractivity (Wildman–Crippen MR) is 99.4 cm³/mol. The molecule has 120 valence electrons. The summed E-state index contributed by atoms with van der Waals surface area (Å²) in [4.78, 5) is 7.09. The second-order valence-corrected chi connectivity index (χ2v) is 5.48. The average molecular weight is 405 g/mol. The third-order valence-corrected chi connectivity index (χ3v) is 3.67. The van der Waals surface area contributed by atoms with Crippen molar-refractivity contribution in [2.75, 3.05) is 39.8 Å². The molecule has 2 heterocycles. The number of nitrogens with one attached hydrogen (secondary N) is 2. The van der Waals surface area contributed by atoms with E-state index < -0.39 is 0 Å². The van der Waals surface area contributed by atoms with Crippen LogP contribution in [0.15, 0.2) is 29.5 Å². The molecule has 1 aliphatic rings. The van der Waals surface area contributed by atoms with E-state index in [1.165, 1.54) is 19.5 Å². The van der Waals surface area contributed by atoms with Crippen molar-refractivity contribution in [2.45, 2.75) is 19.9 Å². The van der Waals surface area contributed by atoms with E-state index in [1.54, 1.807) is 0 Å². The molecule has 6 heteroatoms. The van der Waals surface area contributed by atoms with Gasteiger partial charge in [0.25, 0.3) is 0 Å². The maximum Gasteiger partial charge on any atom is 0.191 e. The molecule has 0 aromatic carbocycles. The molecule has 1 aliphatic heterocycles. The van der Waals surface area contributed by atoms with Gasteiger partial charge >= 0.3 is 0 Å². The van der Waals surface area contributed by atoms with Gasteiger partial charge in [0.15, 0.2) is 5.96 Å². The van der Waals surface area contributed by atoms with Crippen molar-refractivity contribution in [3.63, 3.8) is 0 Å². The molecule has 21 heavy (non-hydrogen) atoms. The van der Waals surface area contributed by atoms with Crippen molar-refractivity contribution in [2.24, 2.45) is 10.9 Å². The molecule has 1 atom stereocenters. The first-order chi connectivity index (χ1) is 9.78. The molecule has 0 amide bonds. The van der Waals surface area contributed by atoms with Gasteiger partial charge in [-0.3, -0.25) is 4.99 Å². The fourth-order valence-corrected chi connectivity index (χ4v) is 2.56. The van der Waals surface area contributed by atoms with Gasteiger partial charge in [-0.15, -0.1) is 24.0 Å². The fourth-order valence-electron chi connectivity index (χ4n) is 2.56. The number of nitrogens with zero attached hydrogens (tertiary/aromatic N) is 3. The summed E-state index contributed by atoms with van der Waals surface area (Å²) in [6, 6.07) is 4.10. The van der Waals surface area contributed by atoms with Crippen LogP contribution in [0.2, 0.25) is 0 Å².